The lowest BCUT2D eigenvalue weighted by Crippen LogP contribution is -2.27. The lowest BCUT2D eigenvalue weighted by molar-refractivity contribution is 0.102. The minimum Gasteiger partial charge on any atom is -0.501 e. The van der Waals surface area contributed by atoms with Crippen LogP contribution in [-0.4, -0.2) is 17.8 Å². The van der Waals surface area contributed by atoms with E-state index in [2.05, 4.69) is 45.0 Å². The number of aliphatic hydroxyl groups is 1. The number of benzene rings is 2. The SMILES string of the molecule is CCOC=CC(Sc1ccccc1)=C(Sc1ccccc1)C(O)C(C)(C)C. The second-order valence-electron chi connectivity index (χ2n) is 7.09. The summed E-state index contributed by atoms with van der Waals surface area (Å²) < 4.78 is 5.45. The van der Waals surface area contributed by atoms with Crippen molar-refractivity contribution < 1.29 is 9.84 Å². The van der Waals surface area contributed by atoms with Gasteiger partial charge in [0.2, 0.25) is 0 Å². The zero-order chi connectivity index (χ0) is 19.7. The molecule has 0 aromatic heterocycles. The normalized spacial score (nSPS) is 14.1. The summed E-state index contributed by atoms with van der Waals surface area (Å²) in [6, 6.07) is 20.4. The van der Waals surface area contributed by atoms with Crippen molar-refractivity contribution in [1.82, 2.24) is 0 Å². The molecule has 2 aromatic carbocycles. The fraction of sp³-hybridized carbons (Fsp3) is 0.304. The van der Waals surface area contributed by atoms with Crippen molar-refractivity contribution in [3.8, 4) is 0 Å². The van der Waals surface area contributed by atoms with Gasteiger partial charge in [-0.1, -0.05) is 80.7 Å². The van der Waals surface area contributed by atoms with Crippen LogP contribution in [0.1, 0.15) is 27.7 Å². The van der Waals surface area contributed by atoms with Gasteiger partial charge in [0.05, 0.1) is 19.0 Å². The van der Waals surface area contributed by atoms with Gasteiger partial charge in [-0.25, -0.2) is 0 Å². The molecule has 0 spiro atoms. The highest BCUT2D eigenvalue weighted by Gasteiger charge is 2.29. The minimum atomic E-state index is -0.597. The molecular weight excluding hydrogens is 372 g/mol. The molecule has 0 fully saturated rings. The van der Waals surface area contributed by atoms with Crippen LogP contribution in [0.15, 0.2) is 92.6 Å². The first-order valence-corrected chi connectivity index (χ1v) is 10.7. The zero-order valence-electron chi connectivity index (χ0n) is 16.4. The van der Waals surface area contributed by atoms with Crippen LogP contribution < -0.4 is 0 Å². The maximum Gasteiger partial charge on any atom is 0.0911 e. The van der Waals surface area contributed by atoms with Crippen molar-refractivity contribution in [3.63, 3.8) is 0 Å². The maximum atomic E-state index is 11.1. The number of allylic oxidation sites excluding steroid dienone is 1. The highest BCUT2D eigenvalue weighted by Crippen LogP contribution is 2.43. The molecule has 0 aliphatic carbocycles. The number of aliphatic hydroxyl groups excluding tert-OH is 1. The predicted molar refractivity (Wildman–Crippen MR) is 118 cm³/mol. The van der Waals surface area contributed by atoms with Crippen molar-refractivity contribution in [2.45, 2.75) is 43.6 Å². The second kappa shape index (κ2) is 10.6. The number of rotatable bonds is 8. The van der Waals surface area contributed by atoms with Gasteiger partial charge >= 0.3 is 0 Å². The topological polar surface area (TPSA) is 29.5 Å². The van der Waals surface area contributed by atoms with Gasteiger partial charge in [-0.05, 0) is 42.7 Å². The molecule has 144 valence electrons. The summed E-state index contributed by atoms with van der Waals surface area (Å²) >= 11 is 3.25. The van der Waals surface area contributed by atoms with Crippen LogP contribution in [0.2, 0.25) is 0 Å². The lowest BCUT2D eigenvalue weighted by Gasteiger charge is -2.29. The van der Waals surface area contributed by atoms with Gasteiger partial charge in [0.15, 0.2) is 0 Å². The van der Waals surface area contributed by atoms with Crippen LogP contribution >= 0.6 is 23.5 Å². The second-order valence-corrected chi connectivity index (χ2v) is 9.32. The van der Waals surface area contributed by atoms with Crippen molar-refractivity contribution in [2.75, 3.05) is 6.61 Å². The van der Waals surface area contributed by atoms with E-state index in [1.165, 1.54) is 0 Å². The largest absolute Gasteiger partial charge is 0.501 e. The fourth-order valence-corrected chi connectivity index (χ4v) is 4.55. The van der Waals surface area contributed by atoms with Crippen LogP contribution in [0.4, 0.5) is 0 Å². The quantitative estimate of drug-likeness (QED) is 0.302. The smallest absolute Gasteiger partial charge is 0.0911 e. The van der Waals surface area contributed by atoms with E-state index < -0.39 is 6.10 Å². The van der Waals surface area contributed by atoms with Gasteiger partial charge < -0.3 is 9.84 Å². The molecule has 0 radical (unpaired) electrons. The predicted octanol–water partition coefficient (Wildman–Crippen LogP) is 6.74. The molecule has 1 atom stereocenters. The molecule has 0 aliphatic rings. The minimum absolute atomic E-state index is 0.279. The molecule has 2 aromatic rings. The zero-order valence-corrected chi connectivity index (χ0v) is 18.0. The Balaban J connectivity index is 2.49. The van der Waals surface area contributed by atoms with Crippen LogP contribution in [0.25, 0.3) is 0 Å². The van der Waals surface area contributed by atoms with Gasteiger partial charge in [-0.15, -0.1) is 0 Å². The monoisotopic (exact) mass is 400 g/mol. The number of hydrogen-bond acceptors (Lipinski definition) is 4. The Bertz CT molecular complexity index is 747. The molecule has 1 N–H and O–H groups in total. The maximum absolute atomic E-state index is 11.1. The van der Waals surface area contributed by atoms with E-state index in [1.807, 2.05) is 49.4 Å². The average molecular weight is 401 g/mol. The van der Waals surface area contributed by atoms with Crippen molar-refractivity contribution in [2.24, 2.45) is 5.41 Å². The molecule has 0 heterocycles. The third-order valence-corrected chi connectivity index (χ3v) is 6.12. The Morgan fingerprint density at radius 3 is 1.96 bits per heavy atom. The fourth-order valence-electron chi connectivity index (χ4n) is 2.24. The Hall–Kier alpha value is -1.62. The number of ether oxygens (including phenoxy) is 1. The van der Waals surface area contributed by atoms with Crippen molar-refractivity contribution in [1.29, 1.82) is 0 Å². The van der Waals surface area contributed by atoms with E-state index in [9.17, 15) is 5.11 Å². The molecule has 0 amide bonds. The Morgan fingerprint density at radius 2 is 1.48 bits per heavy atom. The number of thioether (sulfide) groups is 2. The molecule has 2 rings (SSSR count). The molecular formula is C23H28O2S2. The third kappa shape index (κ3) is 7.13. The van der Waals surface area contributed by atoms with Crippen LogP contribution in [0.3, 0.4) is 0 Å². The van der Waals surface area contributed by atoms with Gasteiger partial charge in [-0.3, -0.25) is 0 Å². The highest BCUT2D eigenvalue weighted by molar-refractivity contribution is 8.07. The summed E-state index contributed by atoms with van der Waals surface area (Å²) in [5, 5.41) is 11.1. The number of hydrogen-bond donors (Lipinski definition) is 1. The summed E-state index contributed by atoms with van der Waals surface area (Å²) in [7, 11) is 0. The Kier molecular flexibility index (Phi) is 8.55. The van der Waals surface area contributed by atoms with Gasteiger partial charge in [0.1, 0.15) is 0 Å². The highest BCUT2D eigenvalue weighted by atomic mass is 32.2. The van der Waals surface area contributed by atoms with Gasteiger partial charge in [0, 0.05) is 19.6 Å². The first-order chi connectivity index (χ1) is 12.9. The van der Waals surface area contributed by atoms with Crippen LogP contribution in [0.5, 0.6) is 0 Å². The van der Waals surface area contributed by atoms with E-state index >= 15 is 0 Å². The van der Waals surface area contributed by atoms with E-state index in [0.717, 1.165) is 19.6 Å². The van der Waals surface area contributed by atoms with E-state index in [-0.39, 0.29) is 5.41 Å². The molecule has 1 unspecified atom stereocenters. The van der Waals surface area contributed by atoms with E-state index in [0.29, 0.717) is 6.61 Å². The molecule has 0 saturated heterocycles. The molecule has 0 aliphatic heterocycles. The summed E-state index contributed by atoms with van der Waals surface area (Å²) in [5.41, 5.74) is -0.279. The first kappa shape index (κ1) is 21.7. The molecule has 0 saturated carbocycles. The van der Waals surface area contributed by atoms with E-state index in [1.54, 1.807) is 29.8 Å². The summed E-state index contributed by atoms with van der Waals surface area (Å²) in [6.45, 7) is 8.74. The standard InChI is InChI=1S/C23H28O2S2/c1-5-25-17-16-20(26-18-12-8-6-9-13-18)21(22(24)23(2,3)4)27-19-14-10-7-11-15-19/h6-17,22,24H,5H2,1-4H3. The molecule has 0 bridgehead atoms. The van der Waals surface area contributed by atoms with Gasteiger partial charge in [0.25, 0.3) is 0 Å². The van der Waals surface area contributed by atoms with Gasteiger partial charge in [-0.2, -0.15) is 0 Å². The van der Waals surface area contributed by atoms with Crippen molar-refractivity contribution in [3.05, 3.63) is 82.8 Å². The average Bonchev–Trinajstić information content (AvgIpc) is 2.66. The summed E-state index contributed by atoms with van der Waals surface area (Å²) in [6.07, 6.45) is 3.08. The lowest BCUT2D eigenvalue weighted by atomic mass is 9.89. The van der Waals surface area contributed by atoms with Crippen LogP contribution in [-0.2, 0) is 4.74 Å². The molecule has 4 heteroatoms. The molecule has 27 heavy (non-hydrogen) atoms. The Morgan fingerprint density at radius 1 is 0.963 bits per heavy atom. The van der Waals surface area contributed by atoms with Crippen LogP contribution in [0, 0.1) is 5.41 Å². The van der Waals surface area contributed by atoms with E-state index in [4.69, 9.17) is 4.74 Å². The summed E-state index contributed by atoms with van der Waals surface area (Å²) in [4.78, 5) is 4.15. The first-order valence-electron chi connectivity index (χ1n) is 9.08. The third-order valence-electron chi connectivity index (χ3n) is 3.74. The Labute approximate surface area is 171 Å². The summed E-state index contributed by atoms with van der Waals surface area (Å²) in [5.74, 6) is 0. The molecule has 2 nitrogen and oxygen atoms in total. The van der Waals surface area contributed by atoms with Crippen molar-refractivity contribution >= 4 is 23.5 Å².